The van der Waals surface area contributed by atoms with Crippen LogP contribution in [0.5, 0.6) is 5.75 Å². The molecule has 20 heavy (non-hydrogen) atoms. The molecule has 0 amide bonds. The summed E-state index contributed by atoms with van der Waals surface area (Å²) in [4.78, 5) is 23.1. The molecular formula is C15H17NO4. The third-order valence-electron chi connectivity index (χ3n) is 3.07. The molecule has 0 aliphatic carbocycles. The van der Waals surface area contributed by atoms with Crippen LogP contribution in [0.1, 0.15) is 30.6 Å². The summed E-state index contributed by atoms with van der Waals surface area (Å²) in [7, 11) is 0. The molecule has 0 spiro atoms. The Labute approximate surface area is 116 Å². The monoisotopic (exact) mass is 275 g/mol. The minimum absolute atomic E-state index is 0.121. The zero-order chi connectivity index (χ0) is 14.7. The first kappa shape index (κ1) is 14.1. The Hall–Kier alpha value is -2.30. The highest BCUT2D eigenvalue weighted by Gasteiger charge is 2.13. The Bertz CT molecular complexity index is 703. The van der Waals surface area contributed by atoms with Crippen LogP contribution in [0.4, 0.5) is 0 Å². The third kappa shape index (κ3) is 2.52. The van der Waals surface area contributed by atoms with E-state index in [-0.39, 0.29) is 11.1 Å². The fourth-order valence-electron chi connectivity index (χ4n) is 2.17. The zero-order valence-electron chi connectivity index (χ0n) is 11.5. The van der Waals surface area contributed by atoms with Crippen LogP contribution < -0.4 is 10.3 Å². The van der Waals surface area contributed by atoms with Gasteiger partial charge in [0.15, 0.2) is 0 Å². The first-order valence-corrected chi connectivity index (χ1v) is 6.62. The predicted molar refractivity (Wildman–Crippen MR) is 76.6 cm³/mol. The van der Waals surface area contributed by atoms with Crippen molar-refractivity contribution in [3.8, 4) is 5.75 Å². The van der Waals surface area contributed by atoms with Gasteiger partial charge in [0.05, 0.1) is 17.7 Å². The number of benzene rings is 1. The quantitative estimate of drug-likeness (QED) is 0.910. The molecular weight excluding hydrogens is 258 g/mol. The smallest absolute Gasteiger partial charge is 0.335 e. The minimum atomic E-state index is -1.01. The molecule has 0 fully saturated rings. The molecule has 1 aromatic carbocycles. The van der Waals surface area contributed by atoms with Crippen LogP contribution >= 0.6 is 0 Å². The number of carbonyl (C=O) groups is 1. The number of aryl methyl sites for hydroxylation is 1. The van der Waals surface area contributed by atoms with Crippen LogP contribution in [0.25, 0.3) is 10.9 Å². The number of carboxylic acids is 1. The van der Waals surface area contributed by atoms with Crippen molar-refractivity contribution in [1.29, 1.82) is 0 Å². The number of carboxylic acid groups (broad SMARTS) is 1. The van der Waals surface area contributed by atoms with E-state index in [0.717, 1.165) is 6.42 Å². The summed E-state index contributed by atoms with van der Waals surface area (Å²) in [6.07, 6.45) is 0.808. The summed E-state index contributed by atoms with van der Waals surface area (Å²) >= 11 is 0. The molecule has 106 valence electrons. The minimum Gasteiger partial charge on any atom is -0.491 e. The van der Waals surface area contributed by atoms with E-state index in [4.69, 9.17) is 9.84 Å². The highest BCUT2D eigenvalue weighted by molar-refractivity contribution is 5.96. The molecule has 0 saturated carbocycles. The van der Waals surface area contributed by atoms with Gasteiger partial charge in [-0.05, 0) is 31.5 Å². The molecule has 5 heteroatoms. The van der Waals surface area contributed by atoms with E-state index in [1.54, 1.807) is 16.7 Å². The molecule has 1 heterocycles. The maximum atomic E-state index is 11.9. The number of rotatable bonds is 5. The molecule has 2 rings (SSSR count). The number of hydrogen-bond acceptors (Lipinski definition) is 3. The van der Waals surface area contributed by atoms with Gasteiger partial charge in [0, 0.05) is 18.0 Å². The van der Waals surface area contributed by atoms with Crippen molar-refractivity contribution in [2.75, 3.05) is 6.61 Å². The standard InChI is InChI=1S/C15H17NO4/c1-3-7-20-12-9-11(15(18)19)8-10-5-6-13(17)16(4-2)14(10)12/h5-6,8-9H,3-4,7H2,1-2H3,(H,18,19). The molecule has 0 aliphatic heterocycles. The lowest BCUT2D eigenvalue weighted by Crippen LogP contribution is -2.19. The summed E-state index contributed by atoms with van der Waals surface area (Å²) in [5.41, 5.74) is 0.688. The van der Waals surface area contributed by atoms with E-state index < -0.39 is 5.97 Å². The van der Waals surface area contributed by atoms with E-state index >= 15 is 0 Å². The topological polar surface area (TPSA) is 68.5 Å². The fraction of sp³-hybridized carbons (Fsp3) is 0.333. The molecule has 1 aromatic heterocycles. The molecule has 0 bridgehead atoms. The van der Waals surface area contributed by atoms with Crippen LogP contribution in [0.15, 0.2) is 29.1 Å². The average Bonchev–Trinajstić information content (AvgIpc) is 2.44. The second kappa shape index (κ2) is 5.77. The molecule has 5 nitrogen and oxygen atoms in total. The van der Waals surface area contributed by atoms with E-state index in [1.165, 1.54) is 12.1 Å². The van der Waals surface area contributed by atoms with Crippen molar-refractivity contribution < 1.29 is 14.6 Å². The number of aromatic nitrogens is 1. The van der Waals surface area contributed by atoms with Gasteiger partial charge in [-0.2, -0.15) is 0 Å². The lowest BCUT2D eigenvalue weighted by atomic mass is 10.1. The van der Waals surface area contributed by atoms with Gasteiger partial charge < -0.3 is 14.4 Å². The van der Waals surface area contributed by atoms with Crippen LogP contribution in [0.2, 0.25) is 0 Å². The van der Waals surface area contributed by atoms with Crippen molar-refractivity contribution in [2.45, 2.75) is 26.8 Å². The number of pyridine rings is 1. The summed E-state index contributed by atoms with van der Waals surface area (Å²) in [5, 5.41) is 9.84. The van der Waals surface area contributed by atoms with Gasteiger partial charge in [-0.3, -0.25) is 4.79 Å². The maximum absolute atomic E-state index is 11.9. The molecule has 1 N–H and O–H groups in total. The Kier molecular flexibility index (Phi) is 4.08. The zero-order valence-corrected chi connectivity index (χ0v) is 11.5. The number of ether oxygens (including phenoxy) is 1. The first-order valence-electron chi connectivity index (χ1n) is 6.62. The van der Waals surface area contributed by atoms with Crippen molar-refractivity contribution in [3.63, 3.8) is 0 Å². The SMILES string of the molecule is CCCOc1cc(C(=O)O)cc2ccc(=O)n(CC)c12. The van der Waals surface area contributed by atoms with Gasteiger partial charge >= 0.3 is 5.97 Å². The largest absolute Gasteiger partial charge is 0.491 e. The average molecular weight is 275 g/mol. The molecule has 2 aromatic rings. The number of aromatic carboxylic acids is 1. The van der Waals surface area contributed by atoms with Crippen LogP contribution in [-0.4, -0.2) is 22.2 Å². The Morgan fingerprint density at radius 1 is 1.30 bits per heavy atom. The van der Waals surface area contributed by atoms with Gasteiger partial charge in [-0.25, -0.2) is 4.79 Å². The molecule has 0 saturated heterocycles. The highest BCUT2D eigenvalue weighted by Crippen LogP contribution is 2.27. The maximum Gasteiger partial charge on any atom is 0.335 e. The van der Waals surface area contributed by atoms with E-state index in [2.05, 4.69) is 0 Å². The Balaban J connectivity index is 2.77. The van der Waals surface area contributed by atoms with Gasteiger partial charge in [-0.1, -0.05) is 6.92 Å². The van der Waals surface area contributed by atoms with Crippen molar-refractivity contribution in [1.82, 2.24) is 4.57 Å². The second-order valence-corrected chi connectivity index (χ2v) is 4.48. The van der Waals surface area contributed by atoms with Gasteiger partial charge in [0.2, 0.25) is 0 Å². The van der Waals surface area contributed by atoms with E-state index in [1.807, 2.05) is 13.8 Å². The van der Waals surface area contributed by atoms with Crippen molar-refractivity contribution in [3.05, 3.63) is 40.2 Å². The van der Waals surface area contributed by atoms with Crippen LogP contribution in [-0.2, 0) is 6.54 Å². The second-order valence-electron chi connectivity index (χ2n) is 4.48. The summed E-state index contributed by atoms with van der Waals surface area (Å²) in [5.74, 6) is -0.566. The van der Waals surface area contributed by atoms with Crippen LogP contribution in [0, 0.1) is 0 Å². The summed E-state index contributed by atoms with van der Waals surface area (Å²) in [6.45, 7) is 4.82. The molecule has 0 radical (unpaired) electrons. The summed E-state index contributed by atoms with van der Waals surface area (Å²) in [6, 6.07) is 6.12. The number of nitrogens with zero attached hydrogens (tertiary/aromatic N) is 1. The highest BCUT2D eigenvalue weighted by atomic mass is 16.5. The molecule has 0 unspecified atom stereocenters. The summed E-state index contributed by atoms with van der Waals surface area (Å²) < 4.78 is 7.22. The lowest BCUT2D eigenvalue weighted by molar-refractivity contribution is 0.0696. The predicted octanol–water partition coefficient (Wildman–Crippen LogP) is 2.51. The van der Waals surface area contributed by atoms with Crippen molar-refractivity contribution >= 4 is 16.9 Å². The first-order chi connectivity index (χ1) is 9.58. The fourth-order valence-corrected chi connectivity index (χ4v) is 2.17. The third-order valence-corrected chi connectivity index (χ3v) is 3.07. The Morgan fingerprint density at radius 3 is 2.65 bits per heavy atom. The number of fused-ring (bicyclic) bond motifs is 1. The van der Waals surface area contributed by atoms with E-state index in [0.29, 0.717) is 29.8 Å². The van der Waals surface area contributed by atoms with E-state index in [9.17, 15) is 9.59 Å². The van der Waals surface area contributed by atoms with Gasteiger partial charge in [0.25, 0.3) is 5.56 Å². The molecule has 0 aliphatic rings. The molecule has 0 atom stereocenters. The van der Waals surface area contributed by atoms with Gasteiger partial charge in [0.1, 0.15) is 5.75 Å². The Morgan fingerprint density at radius 2 is 2.05 bits per heavy atom. The van der Waals surface area contributed by atoms with Crippen LogP contribution in [0.3, 0.4) is 0 Å². The van der Waals surface area contributed by atoms with Gasteiger partial charge in [-0.15, -0.1) is 0 Å². The van der Waals surface area contributed by atoms with Crippen molar-refractivity contribution in [2.24, 2.45) is 0 Å². The number of hydrogen-bond donors (Lipinski definition) is 1. The lowest BCUT2D eigenvalue weighted by Gasteiger charge is -2.14. The normalized spacial score (nSPS) is 10.7.